The predicted octanol–water partition coefficient (Wildman–Crippen LogP) is 4.24. The Morgan fingerprint density at radius 1 is 0.844 bits per heavy atom. The highest BCUT2D eigenvalue weighted by Crippen LogP contribution is 2.37. The molecule has 3 aromatic carbocycles. The molecule has 0 fully saturated rings. The molecule has 11 nitrogen and oxygen atoms in total. The number of carbonyl (C=O) groups excluding carboxylic acids is 2. The molecule has 0 saturated heterocycles. The highest BCUT2D eigenvalue weighted by atomic mass is 32.2. The number of nitrogens with one attached hydrogen (secondary N) is 1. The van der Waals surface area contributed by atoms with Crippen molar-refractivity contribution in [2.45, 2.75) is 38.3 Å². The predicted molar refractivity (Wildman–Crippen MR) is 168 cm³/mol. The van der Waals surface area contributed by atoms with Gasteiger partial charge in [-0.1, -0.05) is 32.0 Å². The molecular formula is C32H40FN3O8S. The first-order valence-corrected chi connectivity index (χ1v) is 15.6. The van der Waals surface area contributed by atoms with Crippen molar-refractivity contribution in [3.63, 3.8) is 0 Å². The summed E-state index contributed by atoms with van der Waals surface area (Å²) in [6.45, 7) is 4.65. The molecule has 45 heavy (non-hydrogen) atoms. The van der Waals surface area contributed by atoms with Crippen LogP contribution in [0.5, 0.6) is 23.0 Å². The van der Waals surface area contributed by atoms with Gasteiger partial charge in [0, 0.05) is 30.8 Å². The second kappa shape index (κ2) is 15.5. The van der Waals surface area contributed by atoms with Crippen molar-refractivity contribution < 1.29 is 41.3 Å². The number of nitrogens with zero attached hydrogens (tertiary/aromatic N) is 2. The summed E-state index contributed by atoms with van der Waals surface area (Å²) in [6.07, 6.45) is 0. The number of amides is 2. The van der Waals surface area contributed by atoms with Crippen molar-refractivity contribution in [1.82, 2.24) is 10.2 Å². The number of methoxy groups -OCH3 is 4. The Balaban J connectivity index is 2.17. The van der Waals surface area contributed by atoms with Gasteiger partial charge in [0.15, 0.2) is 11.5 Å². The summed E-state index contributed by atoms with van der Waals surface area (Å²) in [5.74, 6) is -0.782. The van der Waals surface area contributed by atoms with Gasteiger partial charge in [0.25, 0.3) is 10.0 Å². The second-order valence-electron chi connectivity index (χ2n) is 10.5. The maximum Gasteiger partial charge on any atom is 0.265 e. The molecule has 1 unspecified atom stereocenters. The molecule has 0 bridgehead atoms. The summed E-state index contributed by atoms with van der Waals surface area (Å²) < 4.78 is 65.8. The fraction of sp³-hybridized carbons (Fsp3) is 0.375. The zero-order valence-electron chi connectivity index (χ0n) is 26.5. The first kappa shape index (κ1) is 35.0. The van der Waals surface area contributed by atoms with Crippen LogP contribution in [0.15, 0.2) is 65.6 Å². The summed E-state index contributed by atoms with van der Waals surface area (Å²) >= 11 is 0. The zero-order valence-corrected chi connectivity index (χ0v) is 27.3. The van der Waals surface area contributed by atoms with Crippen molar-refractivity contribution in [1.29, 1.82) is 0 Å². The number of hydrogen-bond acceptors (Lipinski definition) is 8. The van der Waals surface area contributed by atoms with Crippen molar-refractivity contribution in [3.8, 4) is 23.0 Å². The van der Waals surface area contributed by atoms with Crippen LogP contribution in [-0.4, -0.2) is 72.7 Å². The smallest absolute Gasteiger partial charge is 0.265 e. The number of ether oxygens (including phenoxy) is 4. The molecule has 3 rings (SSSR count). The number of carbonyl (C=O) groups is 2. The third-order valence-electron chi connectivity index (χ3n) is 7.03. The van der Waals surface area contributed by atoms with Crippen LogP contribution in [0.2, 0.25) is 0 Å². The number of sulfonamides is 1. The van der Waals surface area contributed by atoms with Gasteiger partial charge in [-0.05, 0) is 43.2 Å². The van der Waals surface area contributed by atoms with Gasteiger partial charge in [-0.25, -0.2) is 12.8 Å². The van der Waals surface area contributed by atoms with Crippen molar-refractivity contribution in [3.05, 3.63) is 72.0 Å². The summed E-state index contributed by atoms with van der Waals surface area (Å²) in [7, 11) is 1.05. The molecule has 0 aromatic heterocycles. The lowest BCUT2D eigenvalue weighted by Crippen LogP contribution is -2.51. The summed E-state index contributed by atoms with van der Waals surface area (Å²) in [5, 5.41) is 2.79. The summed E-state index contributed by atoms with van der Waals surface area (Å²) in [5.41, 5.74) is 0.158. The quantitative estimate of drug-likeness (QED) is 0.260. The molecule has 0 aliphatic rings. The van der Waals surface area contributed by atoms with Gasteiger partial charge < -0.3 is 29.2 Å². The molecule has 244 valence electrons. The minimum Gasteiger partial charge on any atom is -0.497 e. The van der Waals surface area contributed by atoms with E-state index in [9.17, 15) is 22.4 Å². The van der Waals surface area contributed by atoms with Crippen LogP contribution in [-0.2, 0) is 26.2 Å². The lowest BCUT2D eigenvalue weighted by atomic mass is 10.1. The van der Waals surface area contributed by atoms with E-state index in [-0.39, 0.29) is 40.1 Å². The highest BCUT2D eigenvalue weighted by Gasteiger charge is 2.35. The Bertz CT molecular complexity index is 1600. The van der Waals surface area contributed by atoms with E-state index in [4.69, 9.17) is 18.9 Å². The van der Waals surface area contributed by atoms with Gasteiger partial charge in [-0.3, -0.25) is 13.9 Å². The Labute approximate surface area is 263 Å². The number of anilines is 1. The van der Waals surface area contributed by atoms with Crippen LogP contribution in [0.3, 0.4) is 0 Å². The Morgan fingerprint density at radius 3 is 2.09 bits per heavy atom. The molecule has 1 N–H and O–H groups in total. The van der Waals surface area contributed by atoms with Crippen LogP contribution in [0, 0.1) is 11.7 Å². The molecule has 0 aliphatic heterocycles. The first-order valence-electron chi connectivity index (χ1n) is 14.1. The number of rotatable bonds is 15. The fourth-order valence-corrected chi connectivity index (χ4v) is 5.89. The van der Waals surface area contributed by atoms with Crippen LogP contribution in [0.4, 0.5) is 10.1 Å². The minimum absolute atomic E-state index is 0.00254. The van der Waals surface area contributed by atoms with E-state index >= 15 is 0 Å². The summed E-state index contributed by atoms with van der Waals surface area (Å²) in [4.78, 5) is 28.3. The van der Waals surface area contributed by atoms with E-state index in [0.29, 0.717) is 18.0 Å². The molecule has 13 heteroatoms. The maximum atomic E-state index is 14.8. The Morgan fingerprint density at radius 2 is 1.49 bits per heavy atom. The maximum absolute atomic E-state index is 14.8. The van der Waals surface area contributed by atoms with Crippen molar-refractivity contribution >= 4 is 27.5 Å². The third-order valence-corrected chi connectivity index (χ3v) is 8.78. The number of halogens is 1. The van der Waals surface area contributed by atoms with Gasteiger partial charge in [0.1, 0.15) is 29.9 Å². The van der Waals surface area contributed by atoms with E-state index in [1.165, 1.54) is 83.9 Å². The van der Waals surface area contributed by atoms with Crippen LogP contribution in [0.25, 0.3) is 0 Å². The van der Waals surface area contributed by atoms with Gasteiger partial charge in [-0.2, -0.15) is 0 Å². The zero-order chi connectivity index (χ0) is 33.3. The van der Waals surface area contributed by atoms with Gasteiger partial charge in [0.2, 0.25) is 11.8 Å². The largest absolute Gasteiger partial charge is 0.497 e. The Kier molecular flexibility index (Phi) is 12.0. The van der Waals surface area contributed by atoms with Crippen LogP contribution in [0.1, 0.15) is 26.3 Å². The molecule has 3 aromatic rings. The van der Waals surface area contributed by atoms with E-state index in [2.05, 4.69) is 5.32 Å². The Hall–Kier alpha value is -4.52. The lowest BCUT2D eigenvalue weighted by molar-refractivity contribution is -0.139. The first-order chi connectivity index (χ1) is 21.4. The van der Waals surface area contributed by atoms with E-state index < -0.39 is 40.2 Å². The number of benzene rings is 3. The molecule has 0 spiro atoms. The average molecular weight is 646 g/mol. The average Bonchev–Trinajstić information content (AvgIpc) is 3.04. The molecular weight excluding hydrogens is 605 g/mol. The van der Waals surface area contributed by atoms with Crippen LogP contribution >= 0.6 is 0 Å². The molecule has 0 heterocycles. The van der Waals surface area contributed by atoms with Crippen molar-refractivity contribution in [2.24, 2.45) is 5.92 Å². The van der Waals surface area contributed by atoms with E-state index in [0.717, 1.165) is 9.21 Å². The lowest BCUT2D eigenvalue weighted by Gasteiger charge is -2.32. The topological polar surface area (TPSA) is 124 Å². The highest BCUT2D eigenvalue weighted by molar-refractivity contribution is 7.92. The second-order valence-corrected chi connectivity index (χ2v) is 12.4. The monoisotopic (exact) mass is 645 g/mol. The van der Waals surface area contributed by atoms with Crippen LogP contribution < -0.4 is 28.6 Å². The fourth-order valence-electron chi connectivity index (χ4n) is 4.45. The molecule has 0 radical (unpaired) electrons. The molecule has 2 amide bonds. The van der Waals surface area contributed by atoms with E-state index in [1.54, 1.807) is 12.1 Å². The molecule has 1 atom stereocenters. The minimum atomic E-state index is -4.51. The third kappa shape index (κ3) is 8.35. The number of hydrogen-bond donors (Lipinski definition) is 1. The molecule has 0 aliphatic carbocycles. The van der Waals surface area contributed by atoms with Crippen molar-refractivity contribution in [2.75, 3.05) is 45.8 Å². The van der Waals surface area contributed by atoms with Gasteiger partial charge in [-0.15, -0.1) is 0 Å². The normalized spacial score (nSPS) is 11.8. The molecule has 0 saturated carbocycles. The van der Waals surface area contributed by atoms with E-state index in [1.807, 2.05) is 13.8 Å². The van der Waals surface area contributed by atoms with Gasteiger partial charge >= 0.3 is 0 Å². The summed E-state index contributed by atoms with van der Waals surface area (Å²) in [6, 6.07) is 13.3. The standard InChI is InChI=1S/C32H40FN3O8S/c1-21(2)18-34-32(38)22(3)35(19-23-10-8-9-11-26(23)33)31(37)20-36(27-16-24(41-4)12-14-28(27)42-5)45(39,40)25-13-15-29(43-6)30(17-25)44-7/h8-17,21-22H,18-20H2,1-7H3,(H,34,38). The SMILES string of the molecule is COc1ccc(OC)c(N(CC(=O)N(Cc2ccccc2F)C(C)C(=O)NCC(C)C)S(=O)(=O)c2ccc(OC)c(OC)c2)c1. The van der Waals surface area contributed by atoms with Gasteiger partial charge in [0.05, 0.1) is 39.0 Å².